The topological polar surface area (TPSA) is 23.5 Å². The summed E-state index contributed by atoms with van der Waals surface area (Å²) in [7, 11) is 0. The molecule has 0 bridgehead atoms. The lowest BCUT2D eigenvalue weighted by atomic mass is 10.0. The van der Waals surface area contributed by atoms with E-state index in [0.717, 1.165) is 19.4 Å². The van der Waals surface area contributed by atoms with Crippen LogP contribution in [0.25, 0.3) is 0 Å². The summed E-state index contributed by atoms with van der Waals surface area (Å²) in [6.07, 6.45) is 3.32. The fraction of sp³-hybridized carbons (Fsp3) is 1.00. The summed E-state index contributed by atoms with van der Waals surface area (Å²) in [6.45, 7) is 1.45. The predicted molar refractivity (Wildman–Crippen MR) is 54.0 cm³/mol. The van der Waals surface area contributed by atoms with E-state index in [1.165, 1.54) is 0 Å². The molecule has 1 saturated heterocycles. The molecule has 15 heavy (non-hydrogen) atoms. The first-order valence-corrected chi connectivity index (χ1v) is 5.86. The minimum absolute atomic E-state index is 0.0509. The van der Waals surface area contributed by atoms with Crippen LogP contribution >= 0.6 is 0 Å². The van der Waals surface area contributed by atoms with Gasteiger partial charge in [0.1, 0.15) is 0 Å². The lowest BCUT2D eigenvalue weighted by Crippen LogP contribution is -2.40. The van der Waals surface area contributed by atoms with Crippen molar-refractivity contribution in [1.82, 2.24) is 4.90 Å². The van der Waals surface area contributed by atoms with Gasteiger partial charge >= 0.3 is 0 Å². The third-order valence-electron chi connectivity index (χ3n) is 3.82. The molecule has 2 fully saturated rings. The van der Waals surface area contributed by atoms with Gasteiger partial charge in [-0.25, -0.2) is 8.78 Å². The Hall–Kier alpha value is -0.220. The standard InChI is InChI=1S/C11H19F2NO/c12-11(13)5-1-3-9(11)7-14-6-2-4-10(14)8-15/h9-10,15H,1-8H2/t9-,10+/m0/s1. The molecule has 88 valence electrons. The third-order valence-corrected chi connectivity index (χ3v) is 3.82. The number of halogens is 2. The first kappa shape index (κ1) is 11.3. The molecule has 0 radical (unpaired) electrons. The van der Waals surface area contributed by atoms with Gasteiger partial charge in [0, 0.05) is 24.9 Å². The summed E-state index contributed by atoms with van der Waals surface area (Å²) in [5.74, 6) is -2.95. The smallest absolute Gasteiger partial charge is 0.252 e. The molecule has 1 aliphatic heterocycles. The SMILES string of the molecule is OC[C@H]1CCCN1C[C@@H]1CCCC1(F)F. The summed E-state index contributed by atoms with van der Waals surface area (Å²) in [4.78, 5) is 2.05. The van der Waals surface area contributed by atoms with Crippen LogP contribution in [0.15, 0.2) is 0 Å². The van der Waals surface area contributed by atoms with Crippen LogP contribution in [0.1, 0.15) is 32.1 Å². The monoisotopic (exact) mass is 219 g/mol. The molecule has 1 aliphatic carbocycles. The van der Waals surface area contributed by atoms with Gasteiger partial charge < -0.3 is 5.11 Å². The quantitative estimate of drug-likeness (QED) is 0.783. The number of hydrogen-bond acceptors (Lipinski definition) is 2. The molecular weight excluding hydrogens is 200 g/mol. The van der Waals surface area contributed by atoms with E-state index in [2.05, 4.69) is 0 Å². The number of nitrogens with zero attached hydrogens (tertiary/aromatic N) is 1. The zero-order valence-corrected chi connectivity index (χ0v) is 8.96. The van der Waals surface area contributed by atoms with Crippen LogP contribution in [0.5, 0.6) is 0 Å². The molecule has 2 atom stereocenters. The molecule has 1 N–H and O–H groups in total. The highest BCUT2D eigenvalue weighted by molar-refractivity contribution is 4.89. The molecule has 1 heterocycles. The van der Waals surface area contributed by atoms with Crippen molar-refractivity contribution in [3.63, 3.8) is 0 Å². The molecule has 0 aromatic rings. The van der Waals surface area contributed by atoms with E-state index in [1.807, 2.05) is 4.90 Å². The van der Waals surface area contributed by atoms with Crippen LogP contribution in [0.2, 0.25) is 0 Å². The molecular formula is C11H19F2NO. The van der Waals surface area contributed by atoms with E-state index in [1.54, 1.807) is 0 Å². The van der Waals surface area contributed by atoms with Crippen LogP contribution in [-0.4, -0.2) is 41.7 Å². The fourth-order valence-corrected chi connectivity index (χ4v) is 2.85. The molecule has 0 amide bonds. The van der Waals surface area contributed by atoms with Crippen LogP contribution in [0, 0.1) is 5.92 Å². The summed E-state index contributed by atoms with van der Waals surface area (Å²) in [5, 5.41) is 9.11. The molecule has 0 aromatic heterocycles. The molecule has 2 nitrogen and oxygen atoms in total. The minimum Gasteiger partial charge on any atom is -0.395 e. The Balaban J connectivity index is 1.91. The van der Waals surface area contributed by atoms with Gasteiger partial charge in [0.2, 0.25) is 0 Å². The first-order chi connectivity index (χ1) is 7.13. The van der Waals surface area contributed by atoms with E-state index in [0.29, 0.717) is 19.4 Å². The first-order valence-electron chi connectivity index (χ1n) is 5.86. The lowest BCUT2D eigenvalue weighted by molar-refractivity contribution is -0.0500. The second-order valence-corrected chi connectivity index (χ2v) is 4.82. The summed E-state index contributed by atoms with van der Waals surface area (Å²) in [5.41, 5.74) is 0. The van der Waals surface area contributed by atoms with Crippen LogP contribution in [0.4, 0.5) is 8.78 Å². The summed E-state index contributed by atoms with van der Waals surface area (Å²) in [6, 6.07) is 0.126. The Labute approximate surface area is 89.3 Å². The third kappa shape index (κ3) is 2.31. The van der Waals surface area contributed by atoms with E-state index in [9.17, 15) is 8.78 Å². The maximum atomic E-state index is 13.4. The van der Waals surface area contributed by atoms with Gasteiger partial charge in [0.15, 0.2) is 0 Å². The fourth-order valence-electron chi connectivity index (χ4n) is 2.85. The van der Waals surface area contributed by atoms with Crippen molar-refractivity contribution in [2.75, 3.05) is 19.7 Å². The van der Waals surface area contributed by atoms with E-state index in [-0.39, 0.29) is 19.1 Å². The van der Waals surface area contributed by atoms with Gasteiger partial charge in [0.25, 0.3) is 5.92 Å². The van der Waals surface area contributed by atoms with Gasteiger partial charge in [-0.3, -0.25) is 4.90 Å². The number of likely N-dealkylation sites (tertiary alicyclic amines) is 1. The second kappa shape index (κ2) is 4.34. The Kier molecular flexibility index (Phi) is 3.26. The highest BCUT2D eigenvalue weighted by Crippen LogP contribution is 2.41. The largest absolute Gasteiger partial charge is 0.395 e. The van der Waals surface area contributed by atoms with Crippen LogP contribution in [-0.2, 0) is 0 Å². The van der Waals surface area contributed by atoms with E-state index < -0.39 is 11.8 Å². The van der Waals surface area contributed by atoms with Crippen molar-refractivity contribution in [2.45, 2.75) is 44.1 Å². The molecule has 1 saturated carbocycles. The summed E-state index contributed by atoms with van der Waals surface area (Å²) < 4.78 is 26.8. The Bertz CT molecular complexity index is 223. The Morgan fingerprint density at radius 3 is 2.67 bits per heavy atom. The number of alkyl halides is 2. The molecule has 2 aliphatic rings. The molecule has 2 rings (SSSR count). The van der Waals surface area contributed by atoms with Crippen molar-refractivity contribution < 1.29 is 13.9 Å². The Morgan fingerprint density at radius 1 is 1.27 bits per heavy atom. The van der Waals surface area contributed by atoms with Crippen LogP contribution < -0.4 is 0 Å². The minimum atomic E-state index is -2.47. The number of aliphatic hydroxyl groups is 1. The van der Waals surface area contributed by atoms with E-state index in [4.69, 9.17) is 5.11 Å². The zero-order chi connectivity index (χ0) is 10.9. The molecule has 0 aromatic carbocycles. The van der Waals surface area contributed by atoms with Gasteiger partial charge in [-0.15, -0.1) is 0 Å². The van der Waals surface area contributed by atoms with Crippen molar-refractivity contribution in [3.05, 3.63) is 0 Å². The second-order valence-electron chi connectivity index (χ2n) is 4.82. The maximum absolute atomic E-state index is 13.4. The average molecular weight is 219 g/mol. The van der Waals surface area contributed by atoms with Crippen molar-refractivity contribution >= 4 is 0 Å². The zero-order valence-electron chi connectivity index (χ0n) is 8.96. The number of rotatable bonds is 3. The molecule has 4 heteroatoms. The Morgan fingerprint density at radius 2 is 2.07 bits per heavy atom. The number of aliphatic hydroxyl groups excluding tert-OH is 1. The van der Waals surface area contributed by atoms with Crippen LogP contribution in [0.3, 0.4) is 0 Å². The van der Waals surface area contributed by atoms with Crippen molar-refractivity contribution in [3.8, 4) is 0 Å². The highest BCUT2D eigenvalue weighted by atomic mass is 19.3. The predicted octanol–water partition coefficient (Wildman–Crippen LogP) is 1.88. The molecule has 0 spiro atoms. The maximum Gasteiger partial charge on any atom is 0.252 e. The van der Waals surface area contributed by atoms with Gasteiger partial charge in [-0.2, -0.15) is 0 Å². The van der Waals surface area contributed by atoms with E-state index >= 15 is 0 Å². The van der Waals surface area contributed by atoms with Crippen molar-refractivity contribution in [1.29, 1.82) is 0 Å². The van der Waals surface area contributed by atoms with Gasteiger partial charge in [0.05, 0.1) is 6.61 Å². The van der Waals surface area contributed by atoms with Gasteiger partial charge in [-0.1, -0.05) is 0 Å². The highest BCUT2D eigenvalue weighted by Gasteiger charge is 2.45. The molecule has 0 unspecified atom stereocenters. The summed E-state index contributed by atoms with van der Waals surface area (Å²) >= 11 is 0. The average Bonchev–Trinajstić information content (AvgIpc) is 2.74. The normalized spacial score (nSPS) is 36.2. The van der Waals surface area contributed by atoms with Gasteiger partial charge in [-0.05, 0) is 32.2 Å². The van der Waals surface area contributed by atoms with Crippen molar-refractivity contribution in [2.24, 2.45) is 5.92 Å². The number of hydrogen-bond donors (Lipinski definition) is 1. The lowest BCUT2D eigenvalue weighted by Gasteiger charge is -2.28.